The van der Waals surface area contributed by atoms with Gasteiger partial charge in [-0.2, -0.15) is 0 Å². The summed E-state index contributed by atoms with van der Waals surface area (Å²) in [6.45, 7) is 4.46. The quantitative estimate of drug-likeness (QED) is 0.233. The molecule has 5 rings (SSSR count). The largest absolute Gasteiger partial charge is 0.463 e. The molecule has 3 fully saturated rings. The molecule has 11 atom stereocenters. The summed E-state index contributed by atoms with van der Waals surface area (Å²) in [5, 5.41) is 0. The third-order valence-corrected chi connectivity index (χ3v) is 8.11. The smallest absolute Gasteiger partial charge is 0.303 e. The van der Waals surface area contributed by atoms with Crippen LogP contribution in [0.3, 0.4) is 0 Å². The number of hydrogen-bond acceptors (Lipinski definition) is 15. The van der Waals surface area contributed by atoms with E-state index >= 15 is 0 Å². The van der Waals surface area contributed by atoms with Gasteiger partial charge >= 0.3 is 23.9 Å². The molecule has 2 aromatic carbocycles. The molecular formula is C35H42O15. The molecule has 50 heavy (non-hydrogen) atoms. The van der Waals surface area contributed by atoms with E-state index in [0.717, 1.165) is 31.9 Å². The van der Waals surface area contributed by atoms with Crippen LogP contribution >= 0.6 is 0 Å². The van der Waals surface area contributed by atoms with Crippen LogP contribution in [0.4, 0.5) is 0 Å². The van der Waals surface area contributed by atoms with Crippen molar-refractivity contribution >= 4 is 23.9 Å². The van der Waals surface area contributed by atoms with Gasteiger partial charge in [-0.25, -0.2) is 0 Å². The second-order valence-corrected chi connectivity index (χ2v) is 11.9. The summed E-state index contributed by atoms with van der Waals surface area (Å²) < 4.78 is 65.8. The van der Waals surface area contributed by atoms with Crippen LogP contribution in [-0.2, 0) is 77.9 Å². The highest BCUT2D eigenvalue weighted by molar-refractivity contribution is 5.68. The van der Waals surface area contributed by atoms with Crippen molar-refractivity contribution in [2.24, 2.45) is 0 Å². The minimum atomic E-state index is -1.52. The second kappa shape index (κ2) is 17.3. The van der Waals surface area contributed by atoms with Gasteiger partial charge < -0.3 is 52.1 Å². The molecule has 3 saturated heterocycles. The Labute approximate surface area is 289 Å². The van der Waals surface area contributed by atoms with Crippen molar-refractivity contribution in [1.29, 1.82) is 0 Å². The molecule has 3 aliphatic rings. The van der Waals surface area contributed by atoms with Crippen molar-refractivity contribution in [2.45, 2.75) is 102 Å². The summed E-state index contributed by atoms with van der Waals surface area (Å²) in [6, 6.07) is 18.8. The monoisotopic (exact) mass is 702 g/mol. The first-order chi connectivity index (χ1) is 24.0. The van der Waals surface area contributed by atoms with Crippen LogP contribution < -0.4 is 0 Å². The van der Waals surface area contributed by atoms with E-state index in [0.29, 0.717) is 0 Å². The van der Waals surface area contributed by atoms with Crippen LogP contribution in [0.15, 0.2) is 60.7 Å². The fourth-order valence-electron chi connectivity index (χ4n) is 6.07. The van der Waals surface area contributed by atoms with Gasteiger partial charge in [0.25, 0.3) is 0 Å². The summed E-state index contributed by atoms with van der Waals surface area (Å²) >= 11 is 0. The lowest BCUT2D eigenvalue weighted by Gasteiger charge is -2.50. The first-order valence-corrected chi connectivity index (χ1v) is 16.2. The van der Waals surface area contributed by atoms with Crippen molar-refractivity contribution in [3.63, 3.8) is 0 Å². The van der Waals surface area contributed by atoms with Gasteiger partial charge in [0.1, 0.15) is 37.1 Å². The fraction of sp³-hybridized carbons (Fsp3) is 0.543. The van der Waals surface area contributed by atoms with Gasteiger partial charge in [0.2, 0.25) is 0 Å². The molecule has 0 amide bonds. The van der Waals surface area contributed by atoms with Gasteiger partial charge in [0.05, 0.1) is 13.2 Å². The SMILES string of the molecule is CO[C@H]1O[C@@H]2CO[C@@H](c3ccccc3)O[C@H]2[C@H](OCc2ccccc2)[C@H]1O[C@@H]1O[C@H](COC(C)=O)[C@@H](OC(C)=O)[C@H](OC(C)=O)[C@H]1OC(C)=O. The van der Waals surface area contributed by atoms with Crippen molar-refractivity contribution in [1.82, 2.24) is 0 Å². The minimum absolute atomic E-state index is 0.140. The van der Waals surface area contributed by atoms with Gasteiger partial charge in [-0.1, -0.05) is 60.7 Å². The maximum atomic E-state index is 12.5. The Morgan fingerprint density at radius 1 is 0.680 bits per heavy atom. The zero-order valence-corrected chi connectivity index (χ0v) is 28.4. The van der Waals surface area contributed by atoms with Crippen molar-refractivity contribution < 1.29 is 71.3 Å². The summed E-state index contributed by atoms with van der Waals surface area (Å²) in [6.07, 6.45) is -12.3. The van der Waals surface area contributed by atoms with E-state index in [1.165, 1.54) is 14.0 Å². The predicted molar refractivity (Wildman–Crippen MR) is 168 cm³/mol. The van der Waals surface area contributed by atoms with Crippen LogP contribution in [0.5, 0.6) is 0 Å². The van der Waals surface area contributed by atoms with E-state index in [4.69, 9.17) is 52.1 Å². The van der Waals surface area contributed by atoms with Gasteiger partial charge in [0.15, 0.2) is 37.2 Å². The van der Waals surface area contributed by atoms with Crippen molar-refractivity contribution in [3.05, 3.63) is 71.8 Å². The summed E-state index contributed by atoms with van der Waals surface area (Å²) in [5.74, 6) is -2.96. The van der Waals surface area contributed by atoms with Crippen LogP contribution in [0.25, 0.3) is 0 Å². The van der Waals surface area contributed by atoms with Crippen LogP contribution in [-0.4, -0.2) is 106 Å². The first kappa shape index (κ1) is 37.3. The molecule has 0 radical (unpaired) electrons. The van der Waals surface area contributed by atoms with E-state index in [-0.39, 0.29) is 13.2 Å². The molecule has 0 spiro atoms. The lowest BCUT2D eigenvalue weighted by molar-refractivity contribution is -0.395. The molecule has 0 aromatic heterocycles. The Hall–Kier alpha value is -3.96. The first-order valence-electron chi connectivity index (χ1n) is 16.2. The minimum Gasteiger partial charge on any atom is -0.463 e. The molecule has 2 aromatic rings. The average molecular weight is 703 g/mol. The number of rotatable bonds is 12. The zero-order chi connectivity index (χ0) is 35.8. The number of hydrogen-bond donors (Lipinski definition) is 0. The third kappa shape index (κ3) is 9.42. The fourth-order valence-corrected chi connectivity index (χ4v) is 6.07. The van der Waals surface area contributed by atoms with Crippen LogP contribution in [0, 0.1) is 0 Å². The van der Waals surface area contributed by atoms with Gasteiger partial charge in [-0.05, 0) is 5.56 Å². The van der Waals surface area contributed by atoms with Crippen molar-refractivity contribution in [2.75, 3.05) is 20.3 Å². The molecule has 15 nitrogen and oxygen atoms in total. The number of benzene rings is 2. The zero-order valence-electron chi connectivity index (χ0n) is 28.4. The number of ether oxygens (including phenoxy) is 11. The van der Waals surface area contributed by atoms with E-state index in [9.17, 15) is 19.2 Å². The molecule has 3 aliphatic heterocycles. The number of carbonyl (C=O) groups is 4. The second-order valence-electron chi connectivity index (χ2n) is 11.9. The third-order valence-electron chi connectivity index (χ3n) is 8.11. The summed E-state index contributed by atoms with van der Waals surface area (Å²) in [7, 11) is 1.42. The molecule has 272 valence electrons. The Balaban J connectivity index is 1.51. The maximum Gasteiger partial charge on any atom is 0.303 e. The standard InChI is InChI=1S/C35H42O15/c1-19(36)41-17-25-28(44-20(2)37)30(45-21(3)38)32(46-22(4)39)35(48-25)50-31-29(42-16-23-12-8-6-9-13-23)27-26(47-34(31)40-5)18-43-33(49-27)24-14-10-7-11-15-24/h6-15,25-35H,16-18H2,1-5H3/t25-,26-,27-,28-,29+,30+,31-,32-,33-,34+,35+/m1/s1. The summed E-state index contributed by atoms with van der Waals surface area (Å²) in [4.78, 5) is 48.8. The maximum absolute atomic E-state index is 12.5. The summed E-state index contributed by atoms with van der Waals surface area (Å²) in [5.41, 5.74) is 1.64. The number of esters is 4. The van der Waals surface area contributed by atoms with E-state index in [1.807, 2.05) is 60.7 Å². The molecule has 0 aliphatic carbocycles. The Morgan fingerprint density at radius 2 is 1.30 bits per heavy atom. The predicted octanol–water partition coefficient (Wildman–Crippen LogP) is 2.53. The Morgan fingerprint density at radius 3 is 1.92 bits per heavy atom. The van der Waals surface area contributed by atoms with Gasteiger partial charge in [0, 0.05) is 40.4 Å². The van der Waals surface area contributed by atoms with Gasteiger partial charge in [-0.3, -0.25) is 19.2 Å². The van der Waals surface area contributed by atoms with E-state index in [2.05, 4.69) is 0 Å². The molecule has 15 heteroatoms. The number of carbonyl (C=O) groups excluding carboxylic acids is 4. The normalized spacial score (nSPS) is 32.2. The van der Waals surface area contributed by atoms with Gasteiger partial charge in [-0.15, -0.1) is 0 Å². The lowest BCUT2D eigenvalue weighted by Crippen LogP contribution is -2.67. The van der Waals surface area contributed by atoms with Crippen molar-refractivity contribution in [3.8, 4) is 0 Å². The van der Waals surface area contributed by atoms with Crippen LogP contribution in [0.1, 0.15) is 45.1 Å². The topological polar surface area (TPSA) is 170 Å². The highest BCUT2D eigenvalue weighted by Crippen LogP contribution is 2.39. The highest BCUT2D eigenvalue weighted by Gasteiger charge is 2.57. The molecule has 0 saturated carbocycles. The highest BCUT2D eigenvalue weighted by atomic mass is 16.8. The van der Waals surface area contributed by atoms with E-state index < -0.39 is 98.2 Å². The Bertz CT molecular complexity index is 1440. The molecule has 3 heterocycles. The van der Waals surface area contributed by atoms with Crippen LogP contribution in [0.2, 0.25) is 0 Å². The molecular weight excluding hydrogens is 660 g/mol. The molecule has 0 bridgehead atoms. The lowest BCUT2D eigenvalue weighted by atomic mass is 9.95. The Kier molecular flexibility index (Phi) is 12.9. The molecule has 0 N–H and O–H groups in total. The molecule has 0 unspecified atom stereocenters. The number of fused-ring (bicyclic) bond motifs is 1. The van der Waals surface area contributed by atoms with E-state index in [1.54, 1.807) is 0 Å². The average Bonchev–Trinajstić information content (AvgIpc) is 3.09. The number of methoxy groups -OCH3 is 1.